The Kier molecular flexibility index (Phi) is 7.69. The lowest BCUT2D eigenvalue weighted by atomic mass is 10.2. The lowest BCUT2D eigenvalue weighted by Gasteiger charge is -2.25. The first-order valence-corrected chi connectivity index (χ1v) is 10.7. The highest BCUT2D eigenvalue weighted by molar-refractivity contribution is 5.85. The average Bonchev–Trinajstić information content (AvgIpc) is 3.39. The Balaban J connectivity index is 1.58. The number of nitrogens with zero attached hydrogens (tertiary/aromatic N) is 5. The van der Waals surface area contributed by atoms with Crippen molar-refractivity contribution in [3.05, 3.63) is 24.4 Å². The first-order valence-electron chi connectivity index (χ1n) is 10.7. The molecule has 2 saturated heterocycles. The molecule has 1 amide bonds. The van der Waals surface area contributed by atoms with Crippen LogP contribution < -0.4 is 15.5 Å². The van der Waals surface area contributed by atoms with Gasteiger partial charge in [-0.05, 0) is 44.5 Å². The van der Waals surface area contributed by atoms with Crippen LogP contribution in [0.15, 0.2) is 29.4 Å². The maximum atomic E-state index is 12.0. The maximum Gasteiger partial charge on any atom is 0.243 e. The van der Waals surface area contributed by atoms with E-state index in [0.29, 0.717) is 6.04 Å². The summed E-state index contributed by atoms with van der Waals surface area (Å²) in [4.78, 5) is 27.4. The topological polar surface area (TPSA) is 76.1 Å². The molecule has 2 fully saturated rings. The third-order valence-electron chi connectivity index (χ3n) is 5.78. The van der Waals surface area contributed by atoms with Gasteiger partial charge in [-0.15, -0.1) is 0 Å². The van der Waals surface area contributed by atoms with Gasteiger partial charge in [0.15, 0.2) is 5.96 Å². The molecule has 2 aliphatic heterocycles. The number of rotatable bonds is 7. The van der Waals surface area contributed by atoms with Gasteiger partial charge >= 0.3 is 0 Å². The smallest absolute Gasteiger partial charge is 0.243 e. The summed E-state index contributed by atoms with van der Waals surface area (Å²) >= 11 is 0. The van der Waals surface area contributed by atoms with Crippen molar-refractivity contribution in [2.45, 2.75) is 38.3 Å². The number of carbonyl (C=O) groups is 1. The zero-order valence-electron chi connectivity index (χ0n) is 18.0. The van der Waals surface area contributed by atoms with Gasteiger partial charge in [-0.1, -0.05) is 13.0 Å². The highest BCUT2D eigenvalue weighted by Crippen LogP contribution is 2.18. The van der Waals surface area contributed by atoms with E-state index in [1.165, 1.54) is 19.4 Å². The summed E-state index contributed by atoms with van der Waals surface area (Å²) in [5.41, 5.74) is 0. The Morgan fingerprint density at radius 1 is 1.31 bits per heavy atom. The lowest BCUT2D eigenvalue weighted by Crippen LogP contribution is -2.49. The van der Waals surface area contributed by atoms with Crippen molar-refractivity contribution in [2.75, 3.05) is 58.3 Å². The second-order valence-electron chi connectivity index (χ2n) is 8.02. The van der Waals surface area contributed by atoms with Crippen molar-refractivity contribution in [2.24, 2.45) is 4.99 Å². The molecule has 160 valence electrons. The highest BCUT2D eigenvalue weighted by atomic mass is 16.2. The van der Waals surface area contributed by atoms with Gasteiger partial charge in [0.1, 0.15) is 12.4 Å². The van der Waals surface area contributed by atoms with Gasteiger partial charge in [0, 0.05) is 52.0 Å². The molecule has 2 unspecified atom stereocenters. The number of likely N-dealkylation sites (tertiary alicyclic amines) is 1. The maximum absolute atomic E-state index is 12.0. The summed E-state index contributed by atoms with van der Waals surface area (Å²) in [6.07, 6.45) is 5.31. The van der Waals surface area contributed by atoms with E-state index in [2.05, 4.69) is 37.3 Å². The summed E-state index contributed by atoms with van der Waals surface area (Å²) in [6, 6.07) is 6.82. The molecule has 0 aromatic carbocycles. The fourth-order valence-corrected chi connectivity index (χ4v) is 4.02. The Morgan fingerprint density at radius 2 is 2.17 bits per heavy atom. The molecule has 1 aromatic rings. The van der Waals surface area contributed by atoms with Crippen molar-refractivity contribution in [3.8, 4) is 0 Å². The molecule has 2 aliphatic rings. The largest absolute Gasteiger partial charge is 0.355 e. The molecule has 1 aromatic heterocycles. The van der Waals surface area contributed by atoms with Gasteiger partial charge in [-0.3, -0.25) is 9.69 Å². The number of hydrogen-bond acceptors (Lipinski definition) is 5. The molecule has 0 bridgehead atoms. The fraction of sp³-hybridized carbons (Fsp3) is 0.667. The summed E-state index contributed by atoms with van der Waals surface area (Å²) in [7, 11) is 3.52. The van der Waals surface area contributed by atoms with Crippen LogP contribution in [0.1, 0.15) is 26.2 Å². The summed E-state index contributed by atoms with van der Waals surface area (Å²) in [6.45, 7) is 7.31. The molecular weight excluding hydrogens is 366 g/mol. The van der Waals surface area contributed by atoms with E-state index in [9.17, 15) is 4.79 Å². The third-order valence-corrected chi connectivity index (χ3v) is 5.78. The predicted octanol–water partition coefficient (Wildman–Crippen LogP) is 0.768. The van der Waals surface area contributed by atoms with E-state index in [4.69, 9.17) is 0 Å². The van der Waals surface area contributed by atoms with Crippen molar-refractivity contribution >= 4 is 17.7 Å². The molecule has 0 saturated carbocycles. The monoisotopic (exact) mass is 401 g/mol. The number of carbonyl (C=O) groups excluding carboxylic acids is 1. The second kappa shape index (κ2) is 10.4. The number of aliphatic imine (C=N–C) groups is 1. The number of guanidine groups is 1. The van der Waals surface area contributed by atoms with Gasteiger partial charge in [0.2, 0.25) is 5.91 Å². The lowest BCUT2D eigenvalue weighted by molar-refractivity contribution is -0.127. The van der Waals surface area contributed by atoms with Crippen LogP contribution in [0.2, 0.25) is 0 Å². The van der Waals surface area contributed by atoms with E-state index in [1.54, 1.807) is 19.0 Å². The van der Waals surface area contributed by atoms with Gasteiger partial charge in [-0.25, -0.2) is 9.98 Å². The molecule has 3 rings (SSSR count). The zero-order valence-corrected chi connectivity index (χ0v) is 18.0. The quantitative estimate of drug-likeness (QED) is 0.519. The minimum absolute atomic E-state index is 0.00341. The second-order valence-corrected chi connectivity index (χ2v) is 8.02. The molecule has 3 heterocycles. The summed E-state index contributed by atoms with van der Waals surface area (Å²) in [5, 5.41) is 7.04. The van der Waals surface area contributed by atoms with E-state index in [0.717, 1.165) is 44.4 Å². The van der Waals surface area contributed by atoms with Crippen LogP contribution in [0, 0.1) is 0 Å². The van der Waals surface area contributed by atoms with Gasteiger partial charge in [-0.2, -0.15) is 0 Å². The number of likely N-dealkylation sites (N-methyl/N-ethyl adjacent to an activating group) is 2. The first-order chi connectivity index (χ1) is 14.1. The Bertz CT molecular complexity index is 679. The number of hydrogen-bond donors (Lipinski definition) is 2. The number of nitrogens with one attached hydrogen (secondary N) is 2. The first kappa shape index (κ1) is 21.4. The summed E-state index contributed by atoms with van der Waals surface area (Å²) < 4.78 is 0. The minimum atomic E-state index is 0.00341. The molecule has 2 N–H and O–H groups in total. The molecule has 2 atom stereocenters. The number of aromatic nitrogens is 1. The number of pyridine rings is 1. The zero-order chi connectivity index (χ0) is 20.6. The highest BCUT2D eigenvalue weighted by Gasteiger charge is 2.26. The van der Waals surface area contributed by atoms with Crippen molar-refractivity contribution in [3.63, 3.8) is 0 Å². The summed E-state index contributed by atoms with van der Waals surface area (Å²) in [5.74, 6) is 1.75. The molecular formula is C21H35N7O. The Hall–Kier alpha value is -2.35. The molecule has 8 heteroatoms. The van der Waals surface area contributed by atoms with E-state index >= 15 is 0 Å². The molecule has 8 nitrogen and oxygen atoms in total. The van der Waals surface area contributed by atoms with Crippen molar-refractivity contribution in [1.82, 2.24) is 25.4 Å². The SMILES string of the molecule is CCN1CCCC1CNC(=NCC(=O)N(C)C)NC1CCN(c2ccccn2)C1. The van der Waals surface area contributed by atoms with Gasteiger partial charge < -0.3 is 20.4 Å². The molecule has 0 aliphatic carbocycles. The number of amides is 1. The number of anilines is 1. The van der Waals surface area contributed by atoms with Crippen LogP contribution in [0.25, 0.3) is 0 Å². The molecule has 29 heavy (non-hydrogen) atoms. The van der Waals surface area contributed by atoms with Crippen LogP contribution in [0.3, 0.4) is 0 Å². The third kappa shape index (κ3) is 6.06. The molecule has 0 radical (unpaired) electrons. The Morgan fingerprint density at radius 3 is 2.90 bits per heavy atom. The fourth-order valence-electron chi connectivity index (χ4n) is 4.02. The van der Waals surface area contributed by atoms with Gasteiger partial charge in [0.25, 0.3) is 0 Å². The van der Waals surface area contributed by atoms with Gasteiger partial charge in [0.05, 0.1) is 0 Å². The molecule has 0 spiro atoms. The predicted molar refractivity (Wildman–Crippen MR) is 117 cm³/mol. The van der Waals surface area contributed by atoms with Crippen LogP contribution in [-0.2, 0) is 4.79 Å². The normalized spacial score (nSPS) is 22.7. The average molecular weight is 402 g/mol. The van der Waals surface area contributed by atoms with Crippen LogP contribution in [0.5, 0.6) is 0 Å². The van der Waals surface area contributed by atoms with Crippen molar-refractivity contribution < 1.29 is 4.79 Å². The van der Waals surface area contributed by atoms with Crippen LogP contribution >= 0.6 is 0 Å². The minimum Gasteiger partial charge on any atom is -0.355 e. The van der Waals surface area contributed by atoms with E-state index in [-0.39, 0.29) is 18.5 Å². The van der Waals surface area contributed by atoms with Crippen LogP contribution in [-0.4, -0.2) is 92.1 Å². The van der Waals surface area contributed by atoms with Crippen molar-refractivity contribution in [1.29, 1.82) is 0 Å². The van der Waals surface area contributed by atoms with E-state index < -0.39 is 0 Å². The Labute approximate surface area is 174 Å². The van der Waals surface area contributed by atoms with E-state index in [1.807, 2.05) is 24.4 Å². The van der Waals surface area contributed by atoms with Crippen LogP contribution in [0.4, 0.5) is 5.82 Å². The standard InChI is InChI=1S/C21H35N7O/c1-4-27-12-7-8-18(27)14-23-21(24-15-20(29)26(2)3)25-17-10-13-28(16-17)19-9-5-6-11-22-19/h5-6,9,11,17-18H,4,7-8,10,12-16H2,1-3H3,(H2,23,24,25).